The first-order chi connectivity index (χ1) is 12.2. The predicted octanol–water partition coefficient (Wildman–Crippen LogP) is 3.20. The van der Waals surface area contributed by atoms with Crippen LogP contribution < -0.4 is 10.5 Å². The summed E-state index contributed by atoms with van der Waals surface area (Å²) in [5.74, 6) is 1.16. The van der Waals surface area contributed by atoms with Gasteiger partial charge >= 0.3 is 0 Å². The van der Waals surface area contributed by atoms with E-state index in [2.05, 4.69) is 11.4 Å². The van der Waals surface area contributed by atoms with E-state index in [1.165, 1.54) is 24.0 Å². The molecule has 4 rings (SSSR count). The quantitative estimate of drug-likeness (QED) is 0.919. The van der Waals surface area contributed by atoms with E-state index in [0.29, 0.717) is 13.1 Å². The normalized spacial score (nSPS) is 22.7. The highest BCUT2D eigenvalue weighted by Gasteiger charge is 2.36. The number of ether oxygens (including phenoxy) is 1. The Bertz CT molecular complexity index is 786. The average Bonchev–Trinajstić information content (AvgIpc) is 3.25. The van der Waals surface area contributed by atoms with Crippen LogP contribution >= 0.6 is 11.3 Å². The Morgan fingerprint density at radius 3 is 2.96 bits per heavy atom. The molecule has 25 heavy (non-hydrogen) atoms. The third kappa shape index (κ3) is 3.07. The highest BCUT2D eigenvalue weighted by atomic mass is 32.1. The van der Waals surface area contributed by atoms with Crippen molar-refractivity contribution in [2.45, 2.75) is 37.6 Å². The van der Waals surface area contributed by atoms with Gasteiger partial charge in [0.25, 0.3) is 5.91 Å². The van der Waals surface area contributed by atoms with E-state index in [1.807, 2.05) is 23.1 Å². The van der Waals surface area contributed by atoms with Gasteiger partial charge in [0.05, 0.1) is 12.0 Å². The summed E-state index contributed by atoms with van der Waals surface area (Å²) in [5, 5.41) is 2.18. The molecule has 0 radical (unpaired) electrons. The Morgan fingerprint density at radius 2 is 2.12 bits per heavy atom. The Balaban J connectivity index is 1.54. The molecule has 2 aromatic rings. The van der Waals surface area contributed by atoms with E-state index in [0.717, 1.165) is 29.0 Å². The molecule has 1 amide bonds. The van der Waals surface area contributed by atoms with Gasteiger partial charge in [-0.25, -0.2) is 0 Å². The van der Waals surface area contributed by atoms with Crippen molar-refractivity contribution >= 4 is 17.2 Å². The third-order valence-corrected chi connectivity index (χ3v) is 6.53. The second kappa shape index (κ2) is 6.81. The summed E-state index contributed by atoms with van der Waals surface area (Å²) >= 11 is 1.61. The number of rotatable bonds is 3. The summed E-state index contributed by atoms with van der Waals surface area (Å²) in [5.41, 5.74) is 10.2. The number of hydrogen-bond acceptors (Lipinski definition) is 4. The molecule has 1 aliphatic carbocycles. The molecule has 2 atom stereocenters. The first kappa shape index (κ1) is 16.6. The van der Waals surface area contributed by atoms with Gasteiger partial charge in [0.2, 0.25) is 0 Å². The molecule has 2 heterocycles. The van der Waals surface area contributed by atoms with Gasteiger partial charge in [0.1, 0.15) is 5.75 Å². The van der Waals surface area contributed by atoms with Crippen molar-refractivity contribution in [3.05, 3.63) is 51.2 Å². The number of amides is 1. The first-order valence-corrected chi connectivity index (χ1v) is 9.83. The number of benzene rings is 1. The van der Waals surface area contributed by atoms with E-state index in [9.17, 15) is 4.79 Å². The zero-order chi connectivity index (χ0) is 17.4. The Hall–Kier alpha value is -1.85. The van der Waals surface area contributed by atoms with Crippen molar-refractivity contribution in [2.75, 3.05) is 20.2 Å². The number of thiophene rings is 1. The van der Waals surface area contributed by atoms with Crippen LogP contribution in [0.25, 0.3) is 0 Å². The van der Waals surface area contributed by atoms with E-state index >= 15 is 0 Å². The molecular formula is C20H24N2O2S. The molecule has 1 fully saturated rings. The van der Waals surface area contributed by atoms with Gasteiger partial charge < -0.3 is 15.4 Å². The lowest BCUT2D eigenvalue weighted by Crippen LogP contribution is -2.32. The van der Waals surface area contributed by atoms with Gasteiger partial charge in [0, 0.05) is 25.0 Å². The summed E-state index contributed by atoms with van der Waals surface area (Å²) in [7, 11) is 1.67. The van der Waals surface area contributed by atoms with E-state index in [1.54, 1.807) is 18.4 Å². The highest BCUT2D eigenvalue weighted by Crippen LogP contribution is 2.34. The fraction of sp³-hybridized carbons (Fsp3) is 0.450. The lowest BCUT2D eigenvalue weighted by molar-refractivity contribution is 0.0792. The fourth-order valence-corrected chi connectivity index (χ4v) is 5.19. The molecule has 5 heteroatoms. The molecule has 0 bridgehead atoms. The maximum absolute atomic E-state index is 13.1. The summed E-state index contributed by atoms with van der Waals surface area (Å²) in [6.45, 7) is 1.30. The van der Waals surface area contributed by atoms with Crippen LogP contribution in [0.3, 0.4) is 0 Å². The number of aryl methyl sites for hydroxylation is 1. The Kier molecular flexibility index (Phi) is 4.52. The largest absolute Gasteiger partial charge is 0.497 e. The minimum atomic E-state index is -0.0353. The van der Waals surface area contributed by atoms with E-state index in [-0.39, 0.29) is 17.9 Å². The van der Waals surface area contributed by atoms with Crippen molar-refractivity contribution in [2.24, 2.45) is 5.73 Å². The summed E-state index contributed by atoms with van der Waals surface area (Å²) in [6.07, 6.45) is 4.59. The number of nitrogens with zero attached hydrogens (tertiary/aromatic N) is 1. The minimum Gasteiger partial charge on any atom is -0.497 e. The van der Waals surface area contributed by atoms with E-state index in [4.69, 9.17) is 10.5 Å². The van der Waals surface area contributed by atoms with Crippen LogP contribution in [-0.2, 0) is 12.8 Å². The number of carbonyl (C=O) groups excluding carboxylic acids is 1. The smallest absolute Gasteiger partial charge is 0.264 e. The van der Waals surface area contributed by atoms with Crippen molar-refractivity contribution in [1.29, 1.82) is 0 Å². The average molecular weight is 356 g/mol. The number of likely N-dealkylation sites (tertiary alicyclic amines) is 1. The molecular weight excluding hydrogens is 332 g/mol. The SMILES string of the molecule is COc1cccc([C@H]2CN(C(=O)c3scc4c3CCCC4)C[C@@H]2N)c1. The fourth-order valence-electron chi connectivity index (χ4n) is 4.06. The van der Waals surface area contributed by atoms with Crippen LogP contribution in [0, 0.1) is 0 Å². The predicted molar refractivity (Wildman–Crippen MR) is 101 cm³/mol. The lowest BCUT2D eigenvalue weighted by atomic mass is 9.93. The van der Waals surface area contributed by atoms with Gasteiger partial charge in [-0.1, -0.05) is 12.1 Å². The van der Waals surface area contributed by atoms with Crippen molar-refractivity contribution < 1.29 is 9.53 Å². The molecule has 1 saturated heterocycles. The Morgan fingerprint density at radius 1 is 1.28 bits per heavy atom. The number of hydrogen-bond donors (Lipinski definition) is 1. The third-order valence-electron chi connectivity index (χ3n) is 5.47. The topological polar surface area (TPSA) is 55.6 Å². The summed E-state index contributed by atoms with van der Waals surface area (Å²) < 4.78 is 5.33. The number of fused-ring (bicyclic) bond motifs is 1. The Labute approximate surface area is 152 Å². The minimum absolute atomic E-state index is 0.0353. The van der Waals surface area contributed by atoms with E-state index < -0.39 is 0 Å². The molecule has 1 aromatic heterocycles. The van der Waals surface area contributed by atoms with Gasteiger partial charge in [-0.3, -0.25) is 4.79 Å². The van der Waals surface area contributed by atoms with Crippen molar-refractivity contribution in [1.82, 2.24) is 4.90 Å². The zero-order valence-electron chi connectivity index (χ0n) is 14.5. The molecule has 0 unspecified atom stereocenters. The molecule has 0 saturated carbocycles. The monoisotopic (exact) mass is 356 g/mol. The van der Waals surface area contributed by atoms with Crippen LogP contribution in [0.5, 0.6) is 5.75 Å². The maximum atomic E-state index is 13.1. The zero-order valence-corrected chi connectivity index (χ0v) is 15.3. The van der Waals surface area contributed by atoms with Crippen LogP contribution in [0.15, 0.2) is 29.6 Å². The highest BCUT2D eigenvalue weighted by molar-refractivity contribution is 7.12. The van der Waals surface area contributed by atoms with Crippen LogP contribution in [0.4, 0.5) is 0 Å². The molecule has 1 aliphatic heterocycles. The van der Waals surface area contributed by atoms with Crippen LogP contribution in [0.2, 0.25) is 0 Å². The van der Waals surface area contributed by atoms with Crippen LogP contribution in [0.1, 0.15) is 45.1 Å². The van der Waals surface area contributed by atoms with Crippen LogP contribution in [-0.4, -0.2) is 37.0 Å². The molecule has 1 aromatic carbocycles. The number of nitrogens with two attached hydrogens (primary N) is 1. The van der Waals surface area contributed by atoms with Gasteiger partial charge in [0.15, 0.2) is 0 Å². The number of methoxy groups -OCH3 is 1. The van der Waals surface area contributed by atoms with Gasteiger partial charge in [-0.05, 0) is 59.9 Å². The number of carbonyl (C=O) groups is 1. The van der Waals surface area contributed by atoms with Gasteiger partial charge in [-0.15, -0.1) is 11.3 Å². The molecule has 132 valence electrons. The molecule has 4 nitrogen and oxygen atoms in total. The summed E-state index contributed by atoms with van der Waals surface area (Å²) in [4.78, 5) is 16.0. The second-order valence-electron chi connectivity index (χ2n) is 7.03. The molecule has 0 spiro atoms. The van der Waals surface area contributed by atoms with Crippen molar-refractivity contribution in [3.8, 4) is 5.75 Å². The van der Waals surface area contributed by atoms with Gasteiger partial charge in [-0.2, -0.15) is 0 Å². The lowest BCUT2D eigenvalue weighted by Gasteiger charge is -2.18. The standard InChI is InChI=1S/C20H24N2O2S/c1-24-15-7-4-6-13(9-15)17-10-22(11-18(17)21)20(23)19-16-8-3-2-5-14(16)12-25-19/h4,6-7,9,12,17-18H,2-3,5,8,10-11,21H2,1H3/t17-,18+/m1/s1. The molecule has 2 aliphatic rings. The second-order valence-corrected chi connectivity index (χ2v) is 7.91. The van der Waals surface area contributed by atoms with Crippen molar-refractivity contribution in [3.63, 3.8) is 0 Å². The first-order valence-electron chi connectivity index (χ1n) is 8.95. The maximum Gasteiger partial charge on any atom is 0.264 e. The molecule has 2 N–H and O–H groups in total. The summed E-state index contributed by atoms with van der Waals surface area (Å²) in [6, 6.07) is 8.00.